The Bertz CT molecular complexity index is 3090. The Labute approximate surface area is 324 Å². The molecule has 0 unspecified atom stereocenters. The van der Waals surface area contributed by atoms with Crippen LogP contribution in [0.4, 0.5) is 28.4 Å². The van der Waals surface area contributed by atoms with Crippen molar-refractivity contribution in [3.05, 3.63) is 163 Å². The molecular weight excluding hydrogens is 687 g/mol. The van der Waals surface area contributed by atoms with Gasteiger partial charge in [-0.05, 0) is 92.3 Å². The number of anilines is 5. The normalized spacial score (nSPS) is 13.9. The van der Waals surface area contributed by atoms with Crippen LogP contribution in [0.5, 0.6) is 0 Å². The molecule has 0 saturated heterocycles. The first-order valence-corrected chi connectivity index (χ1v) is 19.9. The molecule has 0 atom stereocenters. The van der Waals surface area contributed by atoms with Crippen molar-refractivity contribution in [2.45, 2.75) is 36.0 Å². The predicted octanol–water partition coefficient (Wildman–Crippen LogP) is 12.9. The van der Waals surface area contributed by atoms with E-state index in [1.807, 2.05) is 11.8 Å². The first kappa shape index (κ1) is 31.2. The van der Waals surface area contributed by atoms with E-state index in [2.05, 4.69) is 188 Å². The molecule has 0 amide bonds. The zero-order valence-corrected chi connectivity index (χ0v) is 31.6. The first-order chi connectivity index (χ1) is 26.9. The zero-order chi connectivity index (χ0) is 36.6. The second-order valence-electron chi connectivity index (χ2n) is 16.1. The minimum atomic E-state index is -0.0800. The molecule has 0 aliphatic carbocycles. The highest BCUT2D eigenvalue weighted by Gasteiger charge is 2.49. The van der Waals surface area contributed by atoms with Gasteiger partial charge < -0.3 is 14.1 Å². The summed E-state index contributed by atoms with van der Waals surface area (Å²) in [5.74, 6) is 0. The fraction of sp³-hybridized carbons (Fsp3) is 0.0800. The summed E-state index contributed by atoms with van der Waals surface area (Å²) in [7, 11) is 0. The molecule has 55 heavy (non-hydrogen) atoms. The monoisotopic (exact) mass is 722 g/mol. The fourth-order valence-electron chi connectivity index (χ4n) is 9.52. The van der Waals surface area contributed by atoms with Gasteiger partial charge in [0.25, 0.3) is 0 Å². The van der Waals surface area contributed by atoms with Crippen molar-refractivity contribution in [1.29, 1.82) is 0 Å². The van der Waals surface area contributed by atoms with Gasteiger partial charge in [-0.15, -0.1) is 0 Å². The maximum atomic E-state index is 6.70. The summed E-state index contributed by atoms with van der Waals surface area (Å²) in [6.07, 6.45) is 0. The van der Waals surface area contributed by atoms with Crippen molar-refractivity contribution in [3.8, 4) is 22.3 Å². The Morgan fingerprint density at radius 2 is 1.33 bits per heavy atom. The molecule has 12 rings (SSSR count). The molecule has 3 aliphatic rings. The molecule has 8 aromatic carbocycles. The number of para-hydroxylation sites is 3. The second-order valence-corrected chi connectivity index (χ2v) is 17.1. The van der Waals surface area contributed by atoms with Crippen LogP contribution in [0.1, 0.15) is 26.3 Å². The lowest BCUT2D eigenvalue weighted by atomic mass is 9.43. The van der Waals surface area contributed by atoms with Crippen LogP contribution in [0.3, 0.4) is 0 Å². The summed E-state index contributed by atoms with van der Waals surface area (Å²) in [6, 6.07) is 58.4. The third kappa shape index (κ3) is 4.30. The highest BCUT2D eigenvalue weighted by Crippen LogP contribution is 2.58. The highest BCUT2D eigenvalue weighted by atomic mass is 32.2. The quantitative estimate of drug-likeness (QED) is 0.165. The summed E-state index contributed by atoms with van der Waals surface area (Å²) in [6.45, 7) is 6.83. The van der Waals surface area contributed by atoms with Crippen LogP contribution in [0, 0.1) is 0 Å². The minimum Gasteiger partial charge on any atom is -0.456 e. The van der Waals surface area contributed by atoms with Gasteiger partial charge in [-0.2, -0.15) is 0 Å². The van der Waals surface area contributed by atoms with E-state index in [-0.39, 0.29) is 12.3 Å². The predicted molar refractivity (Wildman–Crippen MR) is 233 cm³/mol. The van der Waals surface area contributed by atoms with Crippen molar-refractivity contribution in [2.24, 2.45) is 0 Å². The molecule has 3 aliphatic heterocycles. The van der Waals surface area contributed by atoms with Crippen LogP contribution < -0.4 is 20.6 Å². The molecular formula is C50H35BN2OS. The molecule has 1 aromatic heterocycles. The Morgan fingerprint density at radius 3 is 2.20 bits per heavy atom. The first-order valence-electron chi connectivity index (χ1n) is 19.1. The SMILES string of the molecule is CC(C)(C)c1ccc(N2c3cc4ccccc4c4c3B(c3ccc5oc6ccccc6c5c32)N2c3ccccc3Sc3cccc-4c32)c(-c2ccccc2)c1. The molecule has 260 valence electrons. The third-order valence-electron chi connectivity index (χ3n) is 11.9. The second kappa shape index (κ2) is 11.2. The highest BCUT2D eigenvalue weighted by molar-refractivity contribution is 7.99. The van der Waals surface area contributed by atoms with Gasteiger partial charge in [0, 0.05) is 37.7 Å². The summed E-state index contributed by atoms with van der Waals surface area (Å²) in [5.41, 5.74) is 16.8. The standard InChI is InChI=1S/C50H35BN2OS/c1-50(2,3)32-24-26-38(36(29-32)30-14-5-4-6-15-30)52-40-28-31-16-7-8-17-33(31)45-35-19-13-23-44-48(35)53(39-20-10-12-22-43(39)55-44)51(47(40)45)37-25-27-42-46(49(37)52)34-18-9-11-21-41(34)54-42/h4-29H,1-3H3. The van der Waals surface area contributed by atoms with Crippen molar-refractivity contribution in [2.75, 3.05) is 9.71 Å². The molecule has 5 heteroatoms. The van der Waals surface area contributed by atoms with Gasteiger partial charge in [-0.25, -0.2) is 0 Å². The smallest absolute Gasteiger partial charge is 0.333 e. The van der Waals surface area contributed by atoms with Crippen molar-refractivity contribution >= 4 is 90.7 Å². The molecule has 0 bridgehead atoms. The van der Waals surface area contributed by atoms with Gasteiger partial charge in [-0.1, -0.05) is 142 Å². The van der Waals surface area contributed by atoms with Gasteiger partial charge in [0.1, 0.15) is 11.2 Å². The van der Waals surface area contributed by atoms with Crippen molar-refractivity contribution in [1.82, 2.24) is 0 Å². The van der Waals surface area contributed by atoms with E-state index in [9.17, 15) is 0 Å². The number of hydrogen-bond donors (Lipinski definition) is 0. The topological polar surface area (TPSA) is 19.6 Å². The molecule has 0 N–H and O–H groups in total. The Morgan fingerprint density at radius 1 is 0.564 bits per heavy atom. The number of hydrogen-bond acceptors (Lipinski definition) is 4. The van der Waals surface area contributed by atoms with E-state index in [0.29, 0.717) is 0 Å². The molecule has 0 fully saturated rings. The number of rotatable bonds is 2. The Kier molecular flexibility index (Phi) is 6.35. The van der Waals surface area contributed by atoms with Gasteiger partial charge in [0.05, 0.1) is 22.4 Å². The molecule has 0 saturated carbocycles. The van der Waals surface area contributed by atoms with Crippen LogP contribution in [0.25, 0.3) is 55.0 Å². The van der Waals surface area contributed by atoms with Crippen molar-refractivity contribution in [3.63, 3.8) is 0 Å². The largest absolute Gasteiger partial charge is 0.456 e. The lowest BCUT2D eigenvalue weighted by molar-refractivity contribution is 0.590. The molecule has 3 nitrogen and oxygen atoms in total. The minimum absolute atomic E-state index is 0.0236. The van der Waals surface area contributed by atoms with E-state index in [1.165, 1.54) is 82.1 Å². The summed E-state index contributed by atoms with van der Waals surface area (Å²) >= 11 is 1.88. The average Bonchev–Trinajstić information content (AvgIpc) is 3.60. The summed E-state index contributed by atoms with van der Waals surface area (Å²) in [5, 5.41) is 4.79. The fourth-order valence-corrected chi connectivity index (χ4v) is 10.6. The number of benzene rings is 8. The van der Waals surface area contributed by atoms with E-state index >= 15 is 0 Å². The number of fused-ring (bicyclic) bond motifs is 12. The van der Waals surface area contributed by atoms with E-state index in [1.54, 1.807) is 0 Å². The maximum absolute atomic E-state index is 6.70. The molecule has 0 radical (unpaired) electrons. The van der Waals surface area contributed by atoms with Crippen LogP contribution in [-0.2, 0) is 5.41 Å². The van der Waals surface area contributed by atoms with Crippen LogP contribution in [0.2, 0.25) is 0 Å². The third-order valence-corrected chi connectivity index (χ3v) is 13.1. The van der Waals surface area contributed by atoms with E-state index in [4.69, 9.17) is 4.42 Å². The van der Waals surface area contributed by atoms with Crippen molar-refractivity contribution < 1.29 is 4.42 Å². The van der Waals surface area contributed by atoms with Gasteiger partial charge >= 0.3 is 6.85 Å². The van der Waals surface area contributed by atoms with Crippen LogP contribution in [-0.4, -0.2) is 6.85 Å². The Balaban J connectivity index is 1.29. The van der Waals surface area contributed by atoms with Gasteiger partial charge in [0.15, 0.2) is 0 Å². The van der Waals surface area contributed by atoms with Gasteiger partial charge in [-0.3, -0.25) is 0 Å². The number of nitrogens with zero attached hydrogens (tertiary/aromatic N) is 2. The van der Waals surface area contributed by atoms with Crippen LogP contribution >= 0.6 is 11.8 Å². The summed E-state index contributed by atoms with van der Waals surface area (Å²) in [4.78, 5) is 7.82. The van der Waals surface area contributed by atoms with E-state index in [0.717, 1.165) is 27.6 Å². The van der Waals surface area contributed by atoms with Gasteiger partial charge in [0.2, 0.25) is 0 Å². The zero-order valence-electron chi connectivity index (χ0n) is 30.8. The average molecular weight is 723 g/mol. The maximum Gasteiger partial charge on any atom is 0.333 e. The molecule has 9 aromatic rings. The van der Waals surface area contributed by atoms with E-state index < -0.39 is 0 Å². The van der Waals surface area contributed by atoms with Crippen LogP contribution in [0.15, 0.2) is 172 Å². The molecule has 4 heterocycles. The molecule has 0 spiro atoms. The lowest BCUT2D eigenvalue weighted by Gasteiger charge is -2.48. The number of furan rings is 1. The summed E-state index contributed by atoms with van der Waals surface area (Å²) < 4.78 is 6.70. The Hall–Kier alpha value is -6.17. The lowest BCUT2D eigenvalue weighted by Crippen LogP contribution is -2.62.